The first kappa shape index (κ1) is 31.6. The predicted octanol–water partition coefficient (Wildman–Crippen LogP) is 2.61. The van der Waals surface area contributed by atoms with Crippen molar-refractivity contribution in [1.82, 2.24) is 0 Å². The van der Waals surface area contributed by atoms with E-state index in [4.69, 9.17) is 33.2 Å². The largest absolute Gasteiger partial charge is 0.462 e. The standard InChI is InChI=1S/C33H40O12/c1-19-8-11-31-17-40-28(38)14-22-9-12-41-32(29(22)43-21(3)35,23(36)16-39-20(2)34)10-6-5-7-27(37)45-24-15-26(44-25(31)13-19)33(18-42-33)30(24,31)4/h5,7,13-14,24-26,29H,6,8-12,15-18H2,1-4H3/b7-5-,22-14+/t24-,25-,26-,29-,30-,31-,32-,33?/m1/s1. The van der Waals surface area contributed by atoms with Crippen molar-refractivity contribution >= 4 is 29.7 Å². The van der Waals surface area contributed by atoms with Gasteiger partial charge >= 0.3 is 23.9 Å². The molecule has 4 aliphatic heterocycles. The third kappa shape index (κ3) is 5.05. The zero-order chi connectivity index (χ0) is 32.2. The Bertz CT molecular complexity index is 1390. The summed E-state index contributed by atoms with van der Waals surface area (Å²) in [6, 6.07) is 0. The molecule has 0 N–H and O–H groups in total. The van der Waals surface area contributed by atoms with Crippen LogP contribution in [0.15, 0.2) is 35.5 Å². The van der Waals surface area contributed by atoms with E-state index in [0.29, 0.717) is 25.0 Å². The van der Waals surface area contributed by atoms with Crippen LogP contribution in [0, 0.1) is 10.8 Å². The van der Waals surface area contributed by atoms with Gasteiger partial charge < -0.3 is 33.2 Å². The van der Waals surface area contributed by atoms with Crippen LogP contribution < -0.4 is 0 Å². The van der Waals surface area contributed by atoms with Gasteiger partial charge in [-0.25, -0.2) is 9.59 Å². The molecule has 4 bridgehead atoms. The Labute approximate surface area is 261 Å². The summed E-state index contributed by atoms with van der Waals surface area (Å²) in [6.45, 7) is 6.30. The third-order valence-electron chi connectivity index (χ3n) is 10.9. The molecule has 4 fully saturated rings. The highest BCUT2D eigenvalue weighted by molar-refractivity contribution is 5.92. The average molecular weight is 629 g/mol. The van der Waals surface area contributed by atoms with E-state index < -0.39 is 76.6 Å². The molecule has 12 heteroatoms. The molecule has 0 aromatic carbocycles. The van der Waals surface area contributed by atoms with Gasteiger partial charge in [-0.3, -0.25) is 14.4 Å². The fourth-order valence-electron chi connectivity index (χ4n) is 8.38. The summed E-state index contributed by atoms with van der Waals surface area (Å²) in [6.07, 6.45) is 5.83. The van der Waals surface area contributed by atoms with Crippen LogP contribution in [-0.4, -0.2) is 91.7 Å². The normalized spacial score (nSPS) is 42.6. The van der Waals surface area contributed by atoms with Crippen molar-refractivity contribution in [3.8, 4) is 0 Å². The minimum Gasteiger partial charge on any atom is -0.462 e. The Morgan fingerprint density at radius 3 is 2.49 bits per heavy atom. The third-order valence-corrected chi connectivity index (χ3v) is 10.9. The van der Waals surface area contributed by atoms with Gasteiger partial charge in [0.1, 0.15) is 18.3 Å². The minimum absolute atomic E-state index is 0.0271. The fourth-order valence-corrected chi connectivity index (χ4v) is 8.38. The maximum Gasteiger partial charge on any atom is 0.330 e. The van der Waals surface area contributed by atoms with Gasteiger partial charge in [0.05, 0.1) is 30.8 Å². The van der Waals surface area contributed by atoms with Gasteiger partial charge in [0.2, 0.25) is 5.78 Å². The Balaban J connectivity index is 1.41. The lowest BCUT2D eigenvalue weighted by Gasteiger charge is -2.58. The van der Waals surface area contributed by atoms with E-state index in [0.717, 1.165) is 6.42 Å². The van der Waals surface area contributed by atoms with Gasteiger partial charge in [-0.2, -0.15) is 0 Å². The molecule has 244 valence electrons. The first-order chi connectivity index (χ1) is 21.4. The SMILES string of the molecule is CC(=O)OCC(=O)[C@@]12CC/C=C\C(=O)O[C@@H]3C[C@H]4O[C@@H]5C=C(C)CC[C@]5(COC(=O)/C=C(\CCO1)[C@H]2OC(C)=O)[C@]3(C)C41CO1. The molecule has 0 amide bonds. The first-order valence-corrected chi connectivity index (χ1v) is 15.6. The summed E-state index contributed by atoms with van der Waals surface area (Å²) < 4.78 is 41.7. The summed E-state index contributed by atoms with van der Waals surface area (Å²) in [4.78, 5) is 64.4. The van der Waals surface area contributed by atoms with E-state index >= 15 is 0 Å². The maximum atomic E-state index is 13.6. The molecule has 0 radical (unpaired) electrons. The quantitative estimate of drug-likeness (QED) is 0.195. The number of fused-ring (bicyclic) bond motifs is 2. The van der Waals surface area contributed by atoms with Crippen LogP contribution in [-0.2, 0) is 57.1 Å². The van der Waals surface area contributed by atoms with Crippen molar-refractivity contribution in [2.75, 3.05) is 26.4 Å². The van der Waals surface area contributed by atoms with Gasteiger partial charge in [0, 0.05) is 37.8 Å². The minimum atomic E-state index is -1.78. The lowest BCUT2D eigenvalue weighted by atomic mass is 9.51. The van der Waals surface area contributed by atoms with E-state index in [1.165, 1.54) is 31.6 Å². The number of carbonyl (C=O) groups excluding carboxylic acids is 5. The Kier molecular flexibility index (Phi) is 8.06. The molecule has 6 rings (SSSR count). The highest BCUT2D eigenvalue weighted by atomic mass is 16.6. The molecule has 12 nitrogen and oxygen atoms in total. The topological polar surface area (TPSA) is 153 Å². The van der Waals surface area contributed by atoms with Gasteiger partial charge in [-0.05, 0) is 44.6 Å². The summed E-state index contributed by atoms with van der Waals surface area (Å²) in [5, 5.41) is 0. The van der Waals surface area contributed by atoms with E-state index in [1.807, 2.05) is 6.92 Å². The summed E-state index contributed by atoms with van der Waals surface area (Å²) in [7, 11) is 0. The van der Waals surface area contributed by atoms with E-state index in [-0.39, 0.29) is 38.6 Å². The van der Waals surface area contributed by atoms with Crippen molar-refractivity contribution in [3.63, 3.8) is 0 Å². The lowest BCUT2D eigenvalue weighted by molar-refractivity contribution is -0.232. The number of ketones is 1. The van der Waals surface area contributed by atoms with Crippen molar-refractivity contribution < 1.29 is 57.1 Å². The molecule has 2 aliphatic carbocycles. The Morgan fingerprint density at radius 1 is 1.00 bits per heavy atom. The monoisotopic (exact) mass is 628 g/mol. The Morgan fingerprint density at radius 2 is 1.78 bits per heavy atom. The van der Waals surface area contributed by atoms with Gasteiger partial charge in [0.25, 0.3) is 0 Å². The van der Waals surface area contributed by atoms with Crippen LogP contribution in [0.1, 0.15) is 66.2 Å². The second kappa shape index (κ2) is 11.5. The highest BCUT2D eigenvalue weighted by Gasteiger charge is 2.83. The Hall–Kier alpha value is -3.35. The molecule has 45 heavy (non-hydrogen) atoms. The molecule has 1 unspecified atom stereocenters. The fraction of sp³-hybridized carbons (Fsp3) is 0.667. The highest BCUT2D eigenvalue weighted by Crippen LogP contribution is 2.72. The number of epoxide rings is 1. The number of esters is 4. The second-order valence-electron chi connectivity index (χ2n) is 13.2. The van der Waals surface area contributed by atoms with Gasteiger partial charge in [-0.15, -0.1) is 0 Å². The number of Topliss-reactive ketones (excluding diaryl/α,β-unsaturated/α-hetero) is 1. The molecule has 8 atom stereocenters. The first-order valence-electron chi connectivity index (χ1n) is 15.6. The number of allylic oxidation sites excluding steroid dienone is 2. The van der Waals surface area contributed by atoms with Crippen LogP contribution in [0.5, 0.6) is 0 Å². The number of cyclic esters (lactones) is 1. The zero-order valence-electron chi connectivity index (χ0n) is 26.1. The van der Waals surface area contributed by atoms with E-state index in [2.05, 4.69) is 13.0 Å². The van der Waals surface area contributed by atoms with Crippen LogP contribution >= 0.6 is 0 Å². The van der Waals surface area contributed by atoms with Crippen LogP contribution in [0.4, 0.5) is 0 Å². The molecule has 2 spiro atoms. The van der Waals surface area contributed by atoms with Crippen molar-refractivity contribution in [1.29, 1.82) is 0 Å². The van der Waals surface area contributed by atoms with Gasteiger partial charge in [-0.1, -0.05) is 24.6 Å². The second-order valence-corrected chi connectivity index (χ2v) is 13.2. The molecule has 3 saturated heterocycles. The van der Waals surface area contributed by atoms with Crippen molar-refractivity contribution in [2.24, 2.45) is 10.8 Å². The molecule has 0 aromatic rings. The molecule has 4 heterocycles. The maximum absolute atomic E-state index is 13.6. The summed E-state index contributed by atoms with van der Waals surface area (Å²) in [5.41, 5.74) is -2.40. The zero-order valence-corrected chi connectivity index (χ0v) is 26.1. The van der Waals surface area contributed by atoms with Crippen molar-refractivity contribution in [3.05, 3.63) is 35.5 Å². The van der Waals surface area contributed by atoms with E-state index in [1.54, 1.807) is 6.08 Å². The molecule has 0 aromatic heterocycles. The number of ether oxygens (including phenoxy) is 7. The summed E-state index contributed by atoms with van der Waals surface area (Å²) in [5.74, 6) is -3.25. The van der Waals surface area contributed by atoms with Crippen LogP contribution in [0.2, 0.25) is 0 Å². The summed E-state index contributed by atoms with van der Waals surface area (Å²) >= 11 is 0. The molecular weight excluding hydrogens is 588 g/mol. The number of rotatable bonds is 4. The molecular formula is C33H40O12. The smallest absolute Gasteiger partial charge is 0.330 e. The predicted molar refractivity (Wildman–Crippen MR) is 153 cm³/mol. The number of hydrogen-bond acceptors (Lipinski definition) is 12. The van der Waals surface area contributed by atoms with Crippen LogP contribution in [0.25, 0.3) is 0 Å². The van der Waals surface area contributed by atoms with Crippen LogP contribution in [0.3, 0.4) is 0 Å². The number of carbonyl (C=O) groups is 5. The molecule has 1 saturated carbocycles. The average Bonchev–Trinajstić information content (AvgIpc) is 3.76. The van der Waals surface area contributed by atoms with Crippen molar-refractivity contribution in [2.45, 2.75) is 102 Å². The number of hydrogen-bond donors (Lipinski definition) is 0. The van der Waals surface area contributed by atoms with E-state index in [9.17, 15) is 24.0 Å². The molecule has 6 aliphatic rings. The van der Waals surface area contributed by atoms with Gasteiger partial charge in [0.15, 0.2) is 18.3 Å². The lowest BCUT2D eigenvalue weighted by Crippen LogP contribution is -2.66.